The summed E-state index contributed by atoms with van der Waals surface area (Å²) in [5.41, 5.74) is 1.37. The lowest BCUT2D eigenvalue weighted by molar-refractivity contribution is -0.136. The summed E-state index contributed by atoms with van der Waals surface area (Å²) in [6, 6.07) is 6.92. The predicted octanol–water partition coefficient (Wildman–Crippen LogP) is 1.49. The highest BCUT2D eigenvalue weighted by atomic mass is 32.2. The summed E-state index contributed by atoms with van der Waals surface area (Å²) in [5.74, 6) is -0.835. The Bertz CT molecular complexity index is 525. The van der Waals surface area contributed by atoms with Crippen molar-refractivity contribution in [1.82, 2.24) is 0 Å². The third-order valence-electron chi connectivity index (χ3n) is 2.68. The van der Waals surface area contributed by atoms with Crippen molar-refractivity contribution in [2.24, 2.45) is 0 Å². The van der Waals surface area contributed by atoms with E-state index in [4.69, 9.17) is 5.11 Å². The number of carboxylic acids is 1. The van der Waals surface area contributed by atoms with Gasteiger partial charge in [-0.25, -0.2) is 8.42 Å². The molecule has 100 valence electrons. The van der Waals surface area contributed by atoms with Crippen molar-refractivity contribution < 1.29 is 18.3 Å². The van der Waals surface area contributed by atoms with Gasteiger partial charge in [0.25, 0.3) is 0 Å². The second kappa shape index (κ2) is 5.86. The van der Waals surface area contributed by atoms with Crippen molar-refractivity contribution in [2.45, 2.75) is 19.8 Å². The summed E-state index contributed by atoms with van der Waals surface area (Å²) in [6.45, 7) is 1.58. The molecular weight excluding hydrogens is 254 g/mol. The third-order valence-corrected chi connectivity index (χ3v) is 4.46. The number of aryl methyl sites for hydroxylation is 1. The van der Waals surface area contributed by atoms with E-state index in [0.717, 1.165) is 5.56 Å². The number of benzene rings is 1. The van der Waals surface area contributed by atoms with E-state index >= 15 is 0 Å². The number of hydrogen-bond donors (Lipinski definition) is 1. The van der Waals surface area contributed by atoms with Crippen LogP contribution in [0.15, 0.2) is 24.3 Å². The molecule has 0 radical (unpaired) electrons. The molecule has 0 aliphatic heterocycles. The van der Waals surface area contributed by atoms with Gasteiger partial charge in [0.2, 0.25) is 10.0 Å². The zero-order chi connectivity index (χ0) is 13.8. The molecule has 0 aromatic heterocycles. The predicted molar refractivity (Wildman–Crippen MR) is 70.3 cm³/mol. The quantitative estimate of drug-likeness (QED) is 0.850. The van der Waals surface area contributed by atoms with E-state index in [1.165, 1.54) is 11.4 Å². The van der Waals surface area contributed by atoms with E-state index in [2.05, 4.69) is 0 Å². The molecule has 0 amide bonds. The first kappa shape index (κ1) is 14.5. The van der Waals surface area contributed by atoms with Crippen LogP contribution in [0, 0.1) is 0 Å². The molecule has 0 atom stereocenters. The number of rotatable bonds is 6. The fraction of sp³-hybridized carbons (Fsp3) is 0.417. The molecular formula is C12H17NO4S. The van der Waals surface area contributed by atoms with Gasteiger partial charge in [-0.05, 0) is 31.0 Å². The van der Waals surface area contributed by atoms with Crippen LogP contribution in [0.4, 0.5) is 5.69 Å². The van der Waals surface area contributed by atoms with Gasteiger partial charge in [0.15, 0.2) is 0 Å². The van der Waals surface area contributed by atoms with Gasteiger partial charge in [0.1, 0.15) is 0 Å². The fourth-order valence-electron chi connectivity index (χ4n) is 1.51. The van der Waals surface area contributed by atoms with Gasteiger partial charge in [-0.1, -0.05) is 12.1 Å². The summed E-state index contributed by atoms with van der Waals surface area (Å²) >= 11 is 0. The van der Waals surface area contributed by atoms with Crippen LogP contribution in [0.3, 0.4) is 0 Å². The van der Waals surface area contributed by atoms with Crippen molar-refractivity contribution in [1.29, 1.82) is 0 Å². The van der Waals surface area contributed by atoms with Crippen LogP contribution in [-0.2, 0) is 21.2 Å². The summed E-state index contributed by atoms with van der Waals surface area (Å²) in [6.07, 6.45) is 0.427. The normalized spacial score (nSPS) is 11.2. The van der Waals surface area contributed by atoms with Crippen molar-refractivity contribution in [3.63, 3.8) is 0 Å². The lowest BCUT2D eigenvalue weighted by atomic mass is 10.1. The Morgan fingerprint density at radius 2 is 2.06 bits per heavy atom. The first-order valence-electron chi connectivity index (χ1n) is 5.64. The highest BCUT2D eigenvalue weighted by Crippen LogP contribution is 2.18. The Morgan fingerprint density at radius 1 is 1.39 bits per heavy atom. The Balaban J connectivity index is 2.91. The van der Waals surface area contributed by atoms with Crippen molar-refractivity contribution >= 4 is 21.7 Å². The SMILES string of the molecule is CCS(=O)(=O)N(C)c1cccc(CCC(=O)O)c1. The molecule has 0 aliphatic carbocycles. The van der Waals surface area contributed by atoms with Crippen LogP contribution in [0.1, 0.15) is 18.9 Å². The monoisotopic (exact) mass is 271 g/mol. The molecule has 6 heteroatoms. The van der Waals surface area contributed by atoms with E-state index in [9.17, 15) is 13.2 Å². The highest BCUT2D eigenvalue weighted by molar-refractivity contribution is 7.92. The Kier molecular flexibility index (Phi) is 4.72. The maximum Gasteiger partial charge on any atom is 0.303 e. The zero-order valence-corrected chi connectivity index (χ0v) is 11.3. The van der Waals surface area contributed by atoms with Gasteiger partial charge in [-0.2, -0.15) is 0 Å². The minimum absolute atomic E-state index is 0.0306. The fourth-order valence-corrected chi connectivity index (χ4v) is 2.34. The van der Waals surface area contributed by atoms with Gasteiger partial charge < -0.3 is 5.11 Å². The minimum atomic E-state index is -3.28. The number of sulfonamides is 1. The standard InChI is InChI=1S/C12H17NO4S/c1-3-18(16,17)13(2)11-6-4-5-10(9-11)7-8-12(14)15/h4-6,9H,3,7-8H2,1-2H3,(H,14,15). The highest BCUT2D eigenvalue weighted by Gasteiger charge is 2.15. The molecule has 0 aliphatic rings. The Hall–Kier alpha value is -1.56. The first-order valence-corrected chi connectivity index (χ1v) is 7.25. The average Bonchev–Trinajstić information content (AvgIpc) is 2.35. The topological polar surface area (TPSA) is 74.7 Å². The van der Waals surface area contributed by atoms with Gasteiger partial charge in [-0.15, -0.1) is 0 Å². The van der Waals surface area contributed by atoms with Crippen LogP contribution in [0.5, 0.6) is 0 Å². The van der Waals surface area contributed by atoms with E-state index < -0.39 is 16.0 Å². The Labute approximate surface area is 107 Å². The summed E-state index contributed by atoms with van der Waals surface area (Å²) in [7, 11) is -1.79. The molecule has 18 heavy (non-hydrogen) atoms. The van der Waals surface area contributed by atoms with Gasteiger partial charge in [-0.3, -0.25) is 9.10 Å². The lowest BCUT2D eigenvalue weighted by Crippen LogP contribution is -2.27. The minimum Gasteiger partial charge on any atom is -0.481 e. The van der Waals surface area contributed by atoms with Crippen LogP contribution in [0.2, 0.25) is 0 Å². The number of carbonyl (C=O) groups is 1. The van der Waals surface area contributed by atoms with Crippen molar-refractivity contribution in [3.8, 4) is 0 Å². The molecule has 0 unspecified atom stereocenters. The molecule has 1 aromatic rings. The zero-order valence-electron chi connectivity index (χ0n) is 10.5. The molecule has 0 saturated heterocycles. The second-order valence-electron chi connectivity index (χ2n) is 3.93. The maximum atomic E-state index is 11.7. The van der Waals surface area contributed by atoms with E-state index in [-0.39, 0.29) is 12.2 Å². The third kappa shape index (κ3) is 3.73. The molecule has 1 aromatic carbocycles. The number of hydrogen-bond acceptors (Lipinski definition) is 3. The summed E-state index contributed by atoms with van der Waals surface area (Å²) in [5, 5.41) is 8.61. The molecule has 0 heterocycles. The van der Waals surface area contributed by atoms with Gasteiger partial charge >= 0.3 is 5.97 Å². The number of anilines is 1. The Morgan fingerprint density at radius 3 is 2.61 bits per heavy atom. The molecule has 0 spiro atoms. The largest absolute Gasteiger partial charge is 0.481 e. The molecule has 0 saturated carbocycles. The van der Waals surface area contributed by atoms with Crippen LogP contribution in [-0.4, -0.2) is 32.3 Å². The number of nitrogens with zero attached hydrogens (tertiary/aromatic N) is 1. The molecule has 1 rings (SSSR count). The average molecular weight is 271 g/mol. The smallest absolute Gasteiger partial charge is 0.303 e. The molecule has 0 fully saturated rings. The van der Waals surface area contributed by atoms with Gasteiger partial charge in [0, 0.05) is 13.5 Å². The first-order chi connectivity index (χ1) is 8.36. The van der Waals surface area contributed by atoms with Crippen LogP contribution >= 0.6 is 0 Å². The van der Waals surface area contributed by atoms with Gasteiger partial charge in [0.05, 0.1) is 11.4 Å². The van der Waals surface area contributed by atoms with Crippen molar-refractivity contribution in [2.75, 3.05) is 17.1 Å². The lowest BCUT2D eigenvalue weighted by Gasteiger charge is -2.19. The van der Waals surface area contributed by atoms with E-state index in [1.807, 2.05) is 0 Å². The summed E-state index contributed by atoms with van der Waals surface area (Å²) < 4.78 is 24.6. The van der Waals surface area contributed by atoms with E-state index in [0.29, 0.717) is 12.1 Å². The molecule has 1 N–H and O–H groups in total. The second-order valence-corrected chi connectivity index (χ2v) is 6.22. The maximum absolute atomic E-state index is 11.7. The molecule has 5 nitrogen and oxygen atoms in total. The van der Waals surface area contributed by atoms with Crippen LogP contribution < -0.4 is 4.31 Å². The van der Waals surface area contributed by atoms with Crippen molar-refractivity contribution in [3.05, 3.63) is 29.8 Å². The van der Waals surface area contributed by atoms with Crippen LogP contribution in [0.25, 0.3) is 0 Å². The summed E-state index contributed by atoms with van der Waals surface area (Å²) in [4.78, 5) is 10.5. The molecule has 0 bridgehead atoms. The number of carboxylic acid groups (broad SMARTS) is 1. The van der Waals surface area contributed by atoms with E-state index in [1.54, 1.807) is 31.2 Å². The number of aliphatic carboxylic acids is 1.